The number of allylic oxidation sites excluding steroid dienone is 2. The van der Waals surface area contributed by atoms with Crippen molar-refractivity contribution in [1.29, 1.82) is 5.26 Å². The highest BCUT2D eigenvalue weighted by atomic mass is 16.3. The predicted molar refractivity (Wildman–Crippen MR) is 141 cm³/mol. The van der Waals surface area contributed by atoms with Crippen LogP contribution in [-0.2, 0) is 6.61 Å². The number of nitrogens with zero attached hydrogens (tertiary/aromatic N) is 5. The number of rotatable bonds is 8. The van der Waals surface area contributed by atoms with Crippen molar-refractivity contribution in [3.05, 3.63) is 64.6 Å². The number of hydrogen-bond donors (Lipinski definition) is 1. The van der Waals surface area contributed by atoms with Crippen LogP contribution in [0.15, 0.2) is 36.8 Å². The average molecular weight is 472 g/mol. The number of aromatic nitrogens is 3. The van der Waals surface area contributed by atoms with Gasteiger partial charge in [-0.15, -0.1) is 0 Å². The Labute approximate surface area is 208 Å². The normalized spacial score (nSPS) is 16.0. The van der Waals surface area contributed by atoms with E-state index in [-0.39, 0.29) is 6.61 Å². The largest absolute Gasteiger partial charge is 0.392 e. The van der Waals surface area contributed by atoms with Crippen molar-refractivity contribution in [3.63, 3.8) is 0 Å². The third-order valence-corrected chi connectivity index (χ3v) is 7.30. The number of aliphatic hydroxyl groups excluding tert-OH is 1. The van der Waals surface area contributed by atoms with Crippen molar-refractivity contribution in [2.75, 3.05) is 19.6 Å². The molecule has 1 fully saturated rings. The van der Waals surface area contributed by atoms with Crippen molar-refractivity contribution in [1.82, 2.24) is 19.5 Å². The minimum atomic E-state index is -0.0302. The molecule has 0 saturated carbocycles. The molecule has 1 aromatic carbocycles. The van der Waals surface area contributed by atoms with Gasteiger partial charge in [0.25, 0.3) is 0 Å². The summed E-state index contributed by atoms with van der Waals surface area (Å²) in [7, 11) is 0. The lowest BCUT2D eigenvalue weighted by Gasteiger charge is -2.31. The maximum Gasteiger partial charge on any atom is 0.155 e. The Morgan fingerprint density at radius 3 is 2.63 bits per heavy atom. The van der Waals surface area contributed by atoms with Gasteiger partial charge in [-0.1, -0.05) is 45.4 Å². The Bertz CT molecular complexity index is 1240. The molecule has 0 bridgehead atoms. The summed E-state index contributed by atoms with van der Waals surface area (Å²) in [4.78, 5) is 6.56. The molecule has 0 aliphatic carbocycles. The zero-order valence-corrected chi connectivity index (χ0v) is 21.5. The van der Waals surface area contributed by atoms with E-state index in [0.717, 1.165) is 55.5 Å². The van der Waals surface area contributed by atoms with Crippen molar-refractivity contribution >= 4 is 16.8 Å². The van der Waals surface area contributed by atoms with E-state index in [4.69, 9.17) is 5.26 Å². The number of aryl methyl sites for hydroxylation is 1. The summed E-state index contributed by atoms with van der Waals surface area (Å²) in [5.74, 6) is 0.841. The number of likely N-dealkylation sites (tertiary alicyclic amines) is 1. The second-order valence-electron chi connectivity index (χ2n) is 10.0. The molecule has 6 nitrogen and oxygen atoms in total. The minimum Gasteiger partial charge on any atom is -0.392 e. The van der Waals surface area contributed by atoms with E-state index < -0.39 is 0 Å². The molecule has 0 radical (unpaired) electrons. The third-order valence-electron chi connectivity index (χ3n) is 7.30. The number of piperidine rings is 1. The molecular weight excluding hydrogens is 434 g/mol. The molecule has 1 aliphatic rings. The fourth-order valence-electron chi connectivity index (χ4n) is 5.50. The van der Waals surface area contributed by atoms with Crippen LogP contribution in [0.3, 0.4) is 0 Å². The first-order valence-corrected chi connectivity index (χ1v) is 12.8. The summed E-state index contributed by atoms with van der Waals surface area (Å²) < 4.78 is 1.81. The van der Waals surface area contributed by atoms with Gasteiger partial charge in [0.05, 0.1) is 19.2 Å². The smallest absolute Gasteiger partial charge is 0.155 e. The summed E-state index contributed by atoms with van der Waals surface area (Å²) >= 11 is 0. The Kier molecular flexibility index (Phi) is 8.00. The second-order valence-corrected chi connectivity index (χ2v) is 10.0. The molecule has 0 spiro atoms. The SMILES string of the molecule is CCC/C(=C(\c1cc(C2CCN(CC#N)CC2)ccc1C)C(C)C)c1cn2ncnc2cc1CO. The molecule has 184 valence electrons. The molecule has 35 heavy (non-hydrogen) atoms. The Morgan fingerprint density at radius 1 is 1.20 bits per heavy atom. The summed E-state index contributed by atoms with van der Waals surface area (Å²) in [5.41, 5.74) is 9.32. The van der Waals surface area contributed by atoms with Crippen molar-refractivity contribution in [2.24, 2.45) is 5.92 Å². The Balaban J connectivity index is 1.82. The lowest BCUT2D eigenvalue weighted by atomic mass is 9.80. The van der Waals surface area contributed by atoms with Crippen LogP contribution in [0, 0.1) is 24.2 Å². The molecule has 0 atom stereocenters. The molecule has 4 rings (SSSR count). The van der Waals surface area contributed by atoms with Crippen LogP contribution in [0.5, 0.6) is 0 Å². The van der Waals surface area contributed by atoms with Gasteiger partial charge >= 0.3 is 0 Å². The zero-order chi connectivity index (χ0) is 24.9. The quantitative estimate of drug-likeness (QED) is 0.433. The Morgan fingerprint density at radius 2 is 1.97 bits per heavy atom. The summed E-state index contributed by atoms with van der Waals surface area (Å²) in [6.07, 6.45) is 7.71. The topological polar surface area (TPSA) is 77.5 Å². The van der Waals surface area contributed by atoms with E-state index in [9.17, 15) is 5.11 Å². The molecule has 0 unspecified atom stereocenters. The molecule has 3 aromatic rings. The lowest BCUT2D eigenvalue weighted by molar-refractivity contribution is 0.235. The average Bonchev–Trinajstić information content (AvgIpc) is 3.32. The lowest BCUT2D eigenvalue weighted by Crippen LogP contribution is -2.33. The first-order chi connectivity index (χ1) is 17.0. The van der Waals surface area contributed by atoms with Crippen LogP contribution in [0.25, 0.3) is 16.8 Å². The van der Waals surface area contributed by atoms with Crippen molar-refractivity contribution in [2.45, 2.75) is 65.9 Å². The van der Waals surface area contributed by atoms with E-state index >= 15 is 0 Å². The third kappa shape index (κ3) is 5.32. The van der Waals surface area contributed by atoms with Crippen molar-refractivity contribution < 1.29 is 5.11 Å². The van der Waals surface area contributed by atoms with Crippen LogP contribution >= 0.6 is 0 Å². The van der Waals surface area contributed by atoms with Gasteiger partial charge in [0.2, 0.25) is 0 Å². The standard InChI is InChI=1S/C29H37N5O/c1-5-6-25(27-17-34-28(31-19-32-34)16-24(27)18-35)29(20(2)3)26-15-23(8-7-21(26)4)22-9-12-33(13-10-22)14-11-30/h7-8,15-17,19-20,22,35H,5-6,9-10,12-14,18H2,1-4H3/b29-25+. The number of aliphatic hydroxyl groups is 1. The zero-order valence-electron chi connectivity index (χ0n) is 21.5. The van der Waals surface area contributed by atoms with Gasteiger partial charge in [0.1, 0.15) is 6.33 Å². The Hall–Kier alpha value is -3.01. The molecule has 1 aliphatic heterocycles. The van der Waals surface area contributed by atoms with Gasteiger partial charge < -0.3 is 5.11 Å². The fraction of sp³-hybridized carbons (Fsp3) is 0.483. The summed E-state index contributed by atoms with van der Waals surface area (Å²) in [5, 5.41) is 23.6. The molecule has 6 heteroatoms. The van der Waals surface area contributed by atoms with E-state index in [1.54, 1.807) is 10.8 Å². The molecule has 1 saturated heterocycles. The van der Waals surface area contributed by atoms with E-state index in [1.165, 1.54) is 27.8 Å². The highest BCUT2D eigenvalue weighted by Gasteiger charge is 2.23. The van der Waals surface area contributed by atoms with Gasteiger partial charge in [-0.2, -0.15) is 10.4 Å². The maximum atomic E-state index is 10.2. The highest BCUT2D eigenvalue weighted by Crippen LogP contribution is 2.40. The predicted octanol–water partition coefficient (Wildman–Crippen LogP) is 5.60. The summed E-state index contributed by atoms with van der Waals surface area (Å²) in [6.45, 7) is 11.4. The molecule has 0 amide bonds. The van der Waals surface area contributed by atoms with Crippen LogP contribution in [-0.4, -0.2) is 44.2 Å². The number of benzene rings is 1. The monoisotopic (exact) mass is 471 g/mol. The van der Waals surface area contributed by atoms with Gasteiger partial charge in [0, 0.05) is 11.8 Å². The van der Waals surface area contributed by atoms with Crippen LogP contribution in [0.4, 0.5) is 0 Å². The maximum absolute atomic E-state index is 10.2. The molecule has 3 heterocycles. The van der Waals surface area contributed by atoms with Gasteiger partial charge in [-0.05, 0) is 90.6 Å². The van der Waals surface area contributed by atoms with E-state index in [0.29, 0.717) is 18.4 Å². The van der Waals surface area contributed by atoms with Crippen LogP contribution in [0.2, 0.25) is 0 Å². The van der Waals surface area contributed by atoms with Crippen molar-refractivity contribution in [3.8, 4) is 6.07 Å². The first-order valence-electron chi connectivity index (χ1n) is 12.8. The van der Waals surface area contributed by atoms with E-state index in [2.05, 4.69) is 66.9 Å². The van der Waals surface area contributed by atoms with Gasteiger partial charge in [0.15, 0.2) is 5.65 Å². The van der Waals surface area contributed by atoms with Gasteiger partial charge in [-0.25, -0.2) is 9.50 Å². The number of hydrogen-bond acceptors (Lipinski definition) is 5. The first kappa shape index (κ1) is 25.1. The molecule has 2 aromatic heterocycles. The number of pyridine rings is 1. The highest BCUT2D eigenvalue weighted by molar-refractivity contribution is 5.93. The van der Waals surface area contributed by atoms with Crippen LogP contribution in [0.1, 0.15) is 80.2 Å². The number of nitriles is 1. The molecular formula is C29H37N5O. The van der Waals surface area contributed by atoms with Crippen LogP contribution < -0.4 is 0 Å². The summed E-state index contributed by atoms with van der Waals surface area (Å²) in [6, 6.07) is 11.2. The minimum absolute atomic E-state index is 0.0302. The fourth-order valence-corrected chi connectivity index (χ4v) is 5.50. The molecule has 1 N–H and O–H groups in total. The van der Waals surface area contributed by atoms with Gasteiger partial charge in [-0.3, -0.25) is 4.90 Å². The second kappa shape index (κ2) is 11.2. The van der Waals surface area contributed by atoms with E-state index in [1.807, 2.05) is 12.3 Å². The number of fused-ring (bicyclic) bond motifs is 1.